The summed E-state index contributed by atoms with van der Waals surface area (Å²) in [6.45, 7) is 22.0. The van der Waals surface area contributed by atoms with Gasteiger partial charge < -0.3 is 63.4 Å². The van der Waals surface area contributed by atoms with Crippen LogP contribution in [-0.4, -0.2) is 147 Å². The van der Waals surface area contributed by atoms with Gasteiger partial charge in [-0.25, -0.2) is 9.68 Å². The number of aliphatic hydroxyl groups is 5. The van der Waals surface area contributed by atoms with Gasteiger partial charge in [-0.05, 0) is 113 Å². The first-order chi connectivity index (χ1) is 32.7. The van der Waals surface area contributed by atoms with E-state index in [0.717, 1.165) is 44.3 Å². The molecule has 0 radical (unpaired) electrons. The van der Waals surface area contributed by atoms with Crippen molar-refractivity contribution in [2.75, 3.05) is 19.8 Å². The lowest BCUT2D eigenvalue weighted by Crippen LogP contribution is -2.60. The lowest BCUT2D eigenvalue weighted by Gasteiger charge is -2.50. The average molecular weight is 975 g/mol. The zero-order chi connectivity index (χ0) is 49.9. The largest absolute Gasteiger partial charge is 0.459 e. The molecule has 7 heterocycles. The van der Waals surface area contributed by atoms with Gasteiger partial charge in [0.25, 0.3) is 0 Å². The number of aliphatic hydroxyl groups excluding tert-OH is 4. The molecule has 69 heavy (non-hydrogen) atoms. The highest BCUT2D eigenvalue weighted by Crippen LogP contribution is 2.48. The van der Waals surface area contributed by atoms with E-state index in [2.05, 4.69) is 44.5 Å². The molecule has 0 aromatic carbocycles. The van der Waals surface area contributed by atoms with Crippen LogP contribution in [0.2, 0.25) is 0 Å². The quantitative estimate of drug-likeness (QED) is 0.0378. The van der Waals surface area contributed by atoms with Crippen LogP contribution in [0.25, 0.3) is 0 Å². The molecule has 390 valence electrons. The summed E-state index contributed by atoms with van der Waals surface area (Å²) in [6, 6.07) is 0. The van der Waals surface area contributed by atoms with E-state index in [1.54, 1.807) is 6.08 Å². The Morgan fingerprint density at radius 1 is 1.00 bits per heavy atom. The fourth-order valence-electron chi connectivity index (χ4n) is 11.8. The molecule has 7 rings (SSSR count). The minimum atomic E-state index is -1.93. The lowest BCUT2D eigenvalue weighted by atomic mass is 9.79. The molecule has 7 aliphatic heterocycles. The van der Waals surface area contributed by atoms with Crippen LogP contribution in [-0.2, 0) is 47.6 Å². The highest BCUT2D eigenvalue weighted by Gasteiger charge is 2.55. The molecule has 6 saturated heterocycles. The van der Waals surface area contributed by atoms with Crippen molar-refractivity contribution in [1.82, 2.24) is 0 Å². The van der Waals surface area contributed by atoms with Gasteiger partial charge in [0.2, 0.25) is 5.79 Å². The van der Waals surface area contributed by atoms with Crippen molar-refractivity contribution in [2.45, 2.75) is 227 Å². The molecule has 18 atom stereocenters. The summed E-state index contributed by atoms with van der Waals surface area (Å²) in [7, 11) is 0. The zero-order valence-corrected chi connectivity index (χ0v) is 41.6. The Morgan fingerprint density at radius 3 is 2.48 bits per heavy atom. The molecule has 16 nitrogen and oxygen atoms in total. The van der Waals surface area contributed by atoms with E-state index >= 15 is 0 Å². The number of ether oxygens (including phenoxy) is 8. The first-order valence-corrected chi connectivity index (χ1v) is 25.6. The van der Waals surface area contributed by atoms with Crippen molar-refractivity contribution >= 4 is 5.97 Å². The maximum Gasteiger partial charge on any atom is 0.338 e. The second-order valence-electron chi connectivity index (χ2n) is 21.8. The van der Waals surface area contributed by atoms with E-state index in [-0.39, 0.29) is 62.6 Å². The fraction of sp³-hybridized carbons (Fsp3) is 0.792. The summed E-state index contributed by atoms with van der Waals surface area (Å²) in [6.07, 6.45) is 8.41. The first kappa shape index (κ1) is 54.4. The summed E-state index contributed by atoms with van der Waals surface area (Å²) in [5, 5.41) is 64.2. The van der Waals surface area contributed by atoms with E-state index in [1.165, 1.54) is 6.92 Å². The maximum absolute atomic E-state index is 13.1. The highest BCUT2D eigenvalue weighted by molar-refractivity contribution is 5.78. The SMILES string of the molecule is C=C(COC(=O)[C@](C)(O)C[C@@H]1CC[C@@H](O)[C@]2(C=C(C)C[C@@H]([C@H](C)/C=C/[C@H]3CC[C@@]4(CC[C@H]5O[C@H]([C@@H](O)C[C@H](C)[C@H]6O[C@@]7(CCCCO7)CC[C@H]6C)C(=C)[C@@H](O)[C@@H]5O4)O3)O2)O1)CC(=C)C(CCO)OO. The van der Waals surface area contributed by atoms with Gasteiger partial charge in [-0.15, -0.1) is 0 Å². The number of carbonyl (C=O) groups excluding carboxylic acids is 1. The predicted molar refractivity (Wildman–Crippen MR) is 253 cm³/mol. The Hall–Kier alpha value is -2.39. The van der Waals surface area contributed by atoms with E-state index < -0.39 is 77.8 Å². The molecule has 1 unspecified atom stereocenters. The molecule has 7 aliphatic rings. The van der Waals surface area contributed by atoms with Gasteiger partial charge in [0, 0.05) is 51.0 Å². The Kier molecular flexibility index (Phi) is 18.0. The maximum atomic E-state index is 13.1. The Balaban J connectivity index is 0.887. The number of fused-ring (bicyclic) bond motifs is 1. The standard InChI is InChI=1S/C53H82O16/c1-31-26-43(66-53(28-31)44(56)14-13-39(65-53)29-50(8,59)49(58)61-30-32(2)25-35(5)41(69-60)18-23-54)33(3)11-12-38-16-21-52(64-38)22-17-42-48(68-52)45(57)37(7)47(63-42)40(55)27-36(6)46-34(4)15-20-51(67-46)19-9-10-24-62-51/h11-12,28,33-34,36,38-48,54-57,59-60H,2,5,7,9-10,13-27,29-30H2,1,3-4,6,8H3/b12-11+/t33-,34-,36+,38+,39+,40+,41?,42-,43+,44-,45-,46+,47+,48-,50-,51+,52-,53-/m1/s1. The van der Waals surface area contributed by atoms with Gasteiger partial charge in [0.15, 0.2) is 17.2 Å². The van der Waals surface area contributed by atoms with Gasteiger partial charge in [0.1, 0.15) is 37.1 Å². The molecular weight excluding hydrogens is 893 g/mol. The summed E-state index contributed by atoms with van der Waals surface area (Å²) in [5.74, 6) is -3.52. The van der Waals surface area contributed by atoms with Crippen molar-refractivity contribution in [1.29, 1.82) is 0 Å². The van der Waals surface area contributed by atoms with Gasteiger partial charge >= 0.3 is 5.97 Å². The molecule has 6 fully saturated rings. The van der Waals surface area contributed by atoms with Crippen LogP contribution >= 0.6 is 0 Å². The number of esters is 1. The van der Waals surface area contributed by atoms with Crippen LogP contribution < -0.4 is 0 Å². The van der Waals surface area contributed by atoms with Gasteiger partial charge in [-0.1, -0.05) is 58.2 Å². The molecule has 16 heteroatoms. The van der Waals surface area contributed by atoms with Gasteiger partial charge in [0.05, 0.1) is 43.2 Å². The first-order valence-electron chi connectivity index (χ1n) is 25.6. The number of hydrogen-bond donors (Lipinski definition) is 6. The van der Waals surface area contributed by atoms with Crippen LogP contribution in [0, 0.1) is 17.8 Å². The summed E-state index contributed by atoms with van der Waals surface area (Å²) in [5.41, 5.74) is 0.360. The van der Waals surface area contributed by atoms with Crippen LogP contribution in [0.3, 0.4) is 0 Å². The van der Waals surface area contributed by atoms with Crippen molar-refractivity contribution < 1.29 is 78.4 Å². The average Bonchev–Trinajstić information content (AvgIpc) is 3.71. The summed E-state index contributed by atoms with van der Waals surface area (Å²) in [4.78, 5) is 17.5. The summed E-state index contributed by atoms with van der Waals surface area (Å²) < 4.78 is 51.1. The highest BCUT2D eigenvalue weighted by atomic mass is 17.1. The second kappa shape index (κ2) is 22.8. The third kappa shape index (κ3) is 12.7. The van der Waals surface area contributed by atoms with E-state index in [9.17, 15) is 30.3 Å². The second-order valence-corrected chi connectivity index (χ2v) is 21.8. The van der Waals surface area contributed by atoms with E-state index in [0.29, 0.717) is 74.0 Å². The smallest absolute Gasteiger partial charge is 0.338 e. The normalized spacial score (nSPS) is 39.9. The molecule has 0 bridgehead atoms. The molecule has 0 aliphatic carbocycles. The number of rotatable bonds is 18. The molecule has 6 N–H and O–H groups in total. The fourth-order valence-corrected chi connectivity index (χ4v) is 11.8. The number of hydrogen-bond acceptors (Lipinski definition) is 16. The molecular formula is C53H82O16. The molecule has 3 spiro atoms. The third-order valence-electron chi connectivity index (χ3n) is 15.8. The number of carbonyl (C=O) groups is 1. The Morgan fingerprint density at radius 2 is 1.75 bits per heavy atom. The van der Waals surface area contributed by atoms with Crippen molar-refractivity contribution in [3.05, 3.63) is 60.3 Å². The third-order valence-corrected chi connectivity index (χ3v) is 15.8. The predicted octanol–water partition coefficient (Wildman–Crippen LogP) is 6.42. The van der Waals surface area contributed by atoms with E-state index in [4.69, 9.17) is 43.2 Å². The minimum Gasteiger partial charge on any atom is -0.459 e. The van der Waals surface area contributed by atoms with Gasteiger partial charge in [-0.2, -0.15) is 0 Å². The van der Waals surface area contributed by atoms with Gasteiger partial charge in [-0.3, -0.25) is 5.26 Å². The van der Waals surface area contributed by atoms with Crippen LogP contribution in [0.5, 0.6) is 0 Å². The topological polar surface area (TPSA) is 222 Å². The van der Waals surface area contributed by atoms with E-state index in [1.807, 2.05) is 19.9 Å². The Bertz CT molecular complexity index is 1860. The van der Waals surface area contributed by atoms with Crippen molar-refractivity contribution in [2.24, 2.45) is 17.8 Å². The molecule has 0 amide bonds. The zero-order valence-electron chi connectivity index (χ0n) is 41.6. The molecule has 0 aromatic rings. The van der Waals surface area contributed by atoms with Crippen molar-refractivity contribution in [3.63, 3.8) is 0 Å². The minimum absolute atomic E-state index is 0.0360. The van der Waals surface area contributed by atoms with Crippen LogP contribution in [0.15, 0.2) is 60.3 Å². The van der Waals surface area contributed by atoms with Crippen molar-refractivity contribution in [3.8, 4) is 0 Å². The van der Waals surface area contributed by atoms with Crippen LogP contribution in [0.1, 0.15) is 137 Å². The Labute approximate surface area is 408 Å². The summed E-state index contributed by atoms with van der Waals surface area (Å²) >= 11 is 0. The monoisotopic (exact) mass is 975 g/mol. The molecule has 0 saturated carbocycles. The van der Waals surface area contributed by atoms with Crippen LogP contribution in [0.4, 0.5) is 0 Å². The molecule has 0 aromatic heterocycles. The lowest BCUT2D eigenvalue weighted by molar-refractivity contribution is -0.321.